The first kappa shape index (κ1) is 18.2. The molecule has 0 aliphatic heterocycles. The lowest BCUT2D eigenvalue weighted by Crippen LogP contribution is -2.20. The van der Waals surface area contributed by atoms with E-state index in [0.29, 0.717) is 11.8 Å². The molecule has 0 aliphatic rings. The summed E-state index contributed by atoms with van der Waals surface area (Å²) in [6.45, 7) is 14.9. The topological polar surface area (TPSA) is 21.3 Å². The zero-order chi connectivity index (χ0) is 15.7. The first-order valence-corrected chi connectivity index (χ1v) is 8.47. The molecule has 2 heteroatoms. The third kappa shape index (κ3) is 6.62. The van der Waals surface area contributed by atoms with E-state index in [1.165, 1.54) is 23.1 Å². The summed E-state index contributed by atoms with van der Waals surface area (Å²) in [5.74, 6) is 1.17. The summed E-state index contributed by atoms with van der Waals surface area (Å²) in [6, 6.07) is 6.95. The molecule has 0 saturated carbocycles. The second-order valence-electron chi connectivity index (χ2n) is 6.38. The van der Waals surface area contributed by atoms with Crippen molar-refractivity contribution in [1.82, 2.24) is 5.32 Å². The molecular weight excluding hydrogens is 258 g/mol. The van der Waals surface area contributed by atoms with Crippen molar-refractivity contribution in [2.75, 3.05) is 26.3 Å². The molecule has 1 rings (SSSR count). The average Bonchev–Trinajstić information content (AvgIpc) is 2.46. The second-order valence-corrected chi connectivity index (χ2v) is 6.38. The van der Waals surface area contributed by atoms with Crippen molar-refractivity contribution in [1.29, 1.82) is 0 Å². The Morgan fingerprint density at radius 2 is 1.76 bits per heavy atom. The van der Waals surface area contributed by atoms with Gasteiger partial charge in [0.05, 0.1) is 13.2 Å². The monoisotopic (exact) mass is 291 g/mol. The van der Waals surface area contributed by atoms with Crippen LogP contribution in [-0.2, 0) is 11.2 Å². The summed E-state index contributed by atoms with van der Waals surface area (Å²) < 4.78 is 5.73. The van der Waals surface area contributed by atoms with Gasteiger partial charge in [0.2, 0.25) is 0 Å². The van der Waals surface area contributed by atoms with Gasteiger partial charge in [0.25, 0.3) is 0 Å². The Bertz CT molecular complexity index is 399. The van der Waals surface area contributed by atoms with Crippen LogP contribution in [0.1, 0.15) is 69.6 Å². The second kappa shape index (κ2) is 9.97. The van der Waals surface area contributed by atoms with E-state index in [2.05, 4.69) is 58.1 Å². The van der Waals surface area contributed by atoms with E-state index >= 15 is 0 Å². The van der Waals surface area contributed by atoms with Crippen LogP contribution < -0.4 is 5.32 Å². The van der Waals surface area contributed by atoms with Crippen LogP contribution in [0.5, 0.6) is 0 Å². The number of rotatable bonds is 10. The van der Waals surface area contributed by atoms with Crippen molar-refractivity contribution < 1.29 is 4.74 Å². The third-order valence-electron chi connectivity index (χ3n) is 3.82. The molecule has 0 amide bonds. The van der Waals surface area contributed by atoms with Gasteiger partial charge >= 0.3 is 0 Å². The van der Waals surface area contributed by atoms with Crippen molar-refractivity contribution in [2.24, 2.45) is 0 Å². The molecule has 1 N–H and O–H groups in total. The summed E-state index contributed by atoms with van der Waals surface area (Å²) in [4.78, 5) is 0. The normalized spacial score (nSPS) is 11.6. The molecule has 1 aromatic carbocycles. The Morgan fingerprint density at radius 1 is 1.00 bits per heavy atom. The number of benzene rings is 1. The summed E-state index contributed by atoms with van der Waals surface area (Å²) in [5.41, 5.74) is 4.36. The van der Waals surface area contributed by atoms with Crippen LogP contribution in [-0.4, -0.2) is 26.3 Å². The first-order chi connectivity index (χ1) is 10.1. The largest absolute Gasteiger partial charge is 0.380 e. The minimum absolute atomic E-state index is 0.574. The van der Waals surface area contributed by atoms with Gasteiger partial charge in [-0.05, 0) is 47.9 Å². The predicted octanol–water partition coefficient (Wildman–Crippen LogP) is 4.49. The van der Waals surface area contributed by atoms with E-state index in [9.17, 15) is 0 Å². The number of hydrogen-bond acceptors (Lipinski definition) is 2. The maximum Gasteiger partial charge on any atom is 0.0591 e. The van der Waals surface area contributed by atoms with Crippen LogP contribution in [0.4, 0.5) is 0 Å². The first-order valence-electron chi connectivity index (χ1n) is 8.47. The number of nitrogens with one attached hydrogen (secondary N) is 1. The Labute approximate surface area is 131 Å². The molecule has 0 radical (unpaired) electrons. The van der Waals surface area contributed by atoms with Gasteiger partial charge in [-0.25, -0.2) is 0 Å². The minimum atomic E-state index is 0.574. The zero-order valence-electron chi connectivity index (χ0n) is 14.5. The SMILES string of the molecule is CCCNCCOCCc1ccc(C(C)C)cc1C(C)C. The molecule has 0 spiro atoms. The van der Waals surface area contributed by atoms with E-state index in [-0.39, 0.29) is 0 Å². The van der Waals surface area contributed by atoms with Crippen LogP contribution in [0.25, 0.3) is 0 Å². The molecular formula is C19H33NO. The van der Waals surface area contributed by atoms with Crippen molar-refractivity contribution in [3.05, 3.63) is 34.9 Å². The fraction of sp³-hybridized carbons (Fsp3) is 0.684. The molecule has 0 fully saturated rings. The van der Waals surface area contributed by atoms with Gasteiger partial charge in [0.15, 0.2) is 0 Å². The molecule has 0 unspecified atom stereocenters. The van der Waals surface area contributed by atoms with E-state index < -0.39 is 0 Å². The molecule has 0 atom stereocenters. The predicted molar refractivity (Wildman–Crippen MR) is 92.3 cm³/mol. The Morgan fingerprint density at radius 3 is 2.38 bits per heavy atom. The van der Waals surface area contributed by atoms with Crippen molar-refractivity contribution >= 4 is 0 Å². The summed E-state index contributed by atoms with van der Waals surface area (Å²) >= 11 is 0. The Balaban J connectivity index is 2.47. The molecule has 120 valence electrons. The van der Waals surface area contributed by atoms with Gasteiger partial charge in [-0.1, -0.05) is 52.8 Å². The fourth-order valence-electron chi connectivity index (χ4n) is 2.47. The summed E-state index contributed by atoms with van der Waals surface area (Å²) in [7, 11) is 0. The van der Waals surface area contributed by atoms with Crippen LogP contribution in [0.2, 0.25) is 0 Å². The quantitative estimate of drug-likeness (QED) is 0.641. The van der Waals surface area contributed by atoms with Crippen molar-refractivity contribution in [2.45, 2.75) is 59.3 Å². The van der Waals surface area contributed by atoms with Gasteiger partial charge in [-0.2, -0.15) is 0 Å². The highest BCUT2D eigenvalue weighted by Crippen LogP contribution is 2.25. The summed E-state index contributed by atoms with van der Waals surface area (Å²) in [6.07, 6.45) is 2.19. The lowest BCUT2D eigenvalue weighted by atomic mass is 9.90. The van der Waals surface area contributed by atoms with E-state index in [0.717, 1.165) is 32.7 Å². The smallest absolute Gasteiger partial charge is 0.0591 e. The van der Waals surface area contributed by atoms with Crippen LogP contribution in [0.15, 0.2) is 18.2 Å². The standard InChI is InChI=1S/C19H33NO/c1-6-10-20-11-13-21-12-9-17-7-8-18(15(2)3)14-19(17)16(4)5/h7-8,14-16,20H,6,9-13H2,1-5H3. The molecule has 0 heterocycles. The third-order valence-corrected chi connectivity index (χ3v) is 3.82. The van der Waals surface area contributed by atoms with Crippen LogP contribution in [0.3, 0.4) is 0 Å². The molecule has 1 aromatic rings. The lowest BCUT2D eigenvalue weighted by Gasteiger charge is -2.16. The number of ether oxygens (including phenoxy) is 1. The highest BCUT2D eigenvalue weighted by atomic mass is 16.5. The van der Waals surface area contributed by atoms with Crippen molar-refractivity contribution in [3.63, 3.8) is 0 Å². The molecule has 0 aromatic heterocycles. The fourth-order valence-corrected chi connectivity index (χ4v) is 2.47. The van der Waals surface area contributed by atoms with E-state index in [1.807, 2.05) is 0 Å². The van der Waals surface area contributed by atoms with Crippen molar-refractivity contribution in [3.8, 4) is 0 Å². The highest BCUT2D eigenvalue weighted by molar-refractivity contribution is 5.35. The van der Waals surface area contributed by atoms with E-state index in [4.69, 9.17) is 4.74 Å². The van der Waals surface area contributed by atoms with Crippen LogP contribution in [0, 0.1) is 0 Å². The number of hydrogen-bond donors (Lipinski definition) is 1. The minimum Gasteiger partial charge on any atom is -0.380 e. The average molecular weight is 291 g/mol. The molecule has 0 aliphatic carbocycles. The Hall–Kier alpha value is -0.860. The van der Waals surface area contributed by atoms with Crippen LogP contribution >= 0.6 is 0 Å². The van der Waals surface area contributed by atoms with Gasteiger partial charge in [-0.3, -0.25) is 0 Å². The van der Waals surface area contributed by atoms with Gasteiger partial charge < -0.3 is 10.1 Å². The summed E-state index contributed by atoms with van der Waals surface area (Å²) in [5, 5.41) is 3.36. The highest BCUT2D eigenvalue weighted by Gasteiger charge is 2.09. The maximum atomic E-state index is 5.73. The molecule has 0 bridgehead atoms. The Kier molecular flexibility index (Phi) is 8.63. The lowest BCUT2D eigenvalue weighted by molar-refractivity contribution is 0.139. The molecule has 2 nitrogen and oxygen atoms in total. The molecule has 0 saturated heterocycles. The molecule has 21 heavy (non-hydrogen) atoms. The van der Waals surface area contributed by atoms with Gasteiger partial charge in [-0.15, -0.1) is 0 Å². The van der Waals surface area contributed by atoms with Gasteiger partial charge in [0, 0.05) is 6.54 Å². The zero-order valence-corrected chi connectivity index (χ0v) is 14.5. The maximum absolute atomic E-state index is 5.73. The van der Waals surface area contributed by atoms with Gasteiger partial charge in [0.1, 0.15) is 0 Å². The van der Waals surface area contributed by atoms with E-state index in [1.54, 1.807) is 0 Å².